The van der Waals surface area contributed by atoms with Gasteiger partial charge in [0.1, 0.15) is 23.7 Å². The molecule has 1 aliphatic heterocycles. The van der Waals surface area contributed by atoms with E-state index in [9.17, 15) is 34.2 Å². The topological polar surface area (TPSA) is 182 Å². The van der Waals surface area contributed by atoms with Crippen molar-refractivity contribution in [2.75, 3.05) is 6.61 Å². The third-order valence-electron chi connectivity index (χ3n) is 3.03. The van der Waals surface area contributed by atoms with Crippen molar-refractivity contribution < 1.29 is 34.4 Å². The molecule has 0 radical (unpaired) electrons. The number of nitrogens with one attached hydrogen (secondary N) is 1. The Bertz CT molecular complexity index is 691. The maximum Gasteiger partial charge on any atom is 0.372 e. The van der Waals surface area contributed by atoms with Crippen LogP contribution in [0.3, 0.4) is 0 Å². The van der Waals surface area contributed by atoms with Gasteiger partial charge in [0.2, 0.25) is 0 Å². The zero-order chi connectivity index (χ0) is 15.9. The maximum atomic E-state index is 11.8. The summed E-state index contributed by atoms with van der Waals surface area (Å²) >= 11 is 0. The second-order valence-electron chi connectivity index (χ2n) is 4.44. The first kappa shape index (κ1) is 16.0. The fraction of sp³-hybridized carbons (Fsp3) is 0.556. The molecule has 1 aromatic heterocycles. The largest absolute Gasteiger partial charge is 0.394 e. The number of aromatic amines is 1. The van der Waals surface area contributed by atoms with Crippen LogP contribution in [0.1, 0.15) is 6.23 Å². The summed E-state index contributed by atoms with van der Waals surface area (Å²) in [6, 6.07) is 0.497. The molecule has 118 valence electrons. The van der Waals surface area contributed by atoms with E-state index in [1.54, 1.807) is 4.98 Å². The monoisotopic (exact) mass is 324 g/mol. The molecule has 11 nitrogen and oxygen atoms in total. The predicted octanol–water partition coefficient (Wildman–Crippen LogP) is -4.05. The molecule has 0 spiro atoms. The molecule has 0 bridgehead atoms. The lowest BCUT2D eigenvalue weighted by Gasteiger charge is -2.21. The van der Waals surface area contributed by atoms with E-state index < -0.39 is 55.4 Å². The van der Waals surface area contributed by atoms with Gasteiger partial charge in [-0.2, -0.15) is 0 Å². The molecule has 2 rings (SSSR count). The number of rotatable bonds is 3. The van der Waals surface area contributed by atoms with E-state index in [4.69, 9.17) is 9.84 Å². The summed E-state index contributed by atoms with van der Waals surface area (Å²) < 4.78 is 16.8. The van der Waals surface area contributed by atoms with Crippen molar-refractivity contribution in [1.29, 1.82) is 0 Å². The molecule has 6 N–H and O–H groups in total. The van der Waals surface area contributed by atoms with E-state index in [0.717, 1.165) is 0 Å². The van der Waals surface area contributed by atoms with Crippen molar-refractivity contribution in [1.82, 2.24) is 9.55 Å². The van der Waals surface area contributed by atoms with Crippen molar-refractivity contribution in [2.24, 2.45) is 0 Å². The fourth-order valence-corrected chi connectivity index (χ4v) is 2.83. The molecule has 1 saturated heterocycles. The minimum absolute atomic E-state index is 0.353. The predicted molar refractivity (Wildman–Crippen MR) is 66.0 cm³/mol. The van der Waals surface area contributed by atoms with Crippen molar-refractivity contribution in [3.8, 4) is 0 Å². The summed E-state index contributed by atoms with van der Waals surface area (Å²) in [5, 5.41) is 28.4. The summed E-state index contributed by atoms with van der Waals surface area (Å²) in [7, 11) is -5.03. The first-order chi connectivity index (χ1) is 9.66. The van der Waals surface area contributed by atoms with Crippen LogP contribution in [-0.4, -0.2) is 59.6 Å². The molecule has 1 aromatic rings. The van der Waals surface area contributed by atoms with Gasteiger partial charge in [-0.05, 0) is 0 Å². The smallest absolute Gasteiger partial charge is 0.372 e. The number of aromatic nitrogens is 2. The van der Waals surface area contributed by atoms with Gasteiger partial charge in [-0.15, -0.1) is 0 Å². The number of ether oxygens (including phenoxy) is 1. The number of nitrogens with zero attached hydrogens (tertiary/aromatic N) is 1. The molecule has 0 aromatic carbocycles. The molecule has 12 heteroatoms. The Morgan fingerprint density at radius 1 is 1.29 bits per heavy atom. The number of hydrogen-bond acceptors (Lipinski definition) is 7. The molecular formula is C9H13N2O9P. The van der Waals surface area contributed by atoms with E-state index in [0.29, 0.717) is 10.6 Å². The van der Waals surface area contributed by atoms with Gasteiger partial charge >= 0.3 is 13.3 Å². The van der Waals surface area contributed by atoms with Crippen LogP contribution >= 0.6 is 7.60 Å². The molecule has 2 unspecified atom stereocenters. The summed E-state index contributed by atoms with van der Waals surface area (Å²) in [6.45, 7) is -0.682. The molecule has 0 aliphatic carbocycles. The van der Waals surface area contributed by atoms with Gasteiger partial charge in [0, 0.05) is 6.07 Å². The van der Waals surface area contributed by atoms with E-state index >= 15 is 0 Å². The fourth-order valence-electron chi connectivity index (χ4n) is 2.06. The Balaban J connectivity index is 2.62. The summed E-state index contributed by atoms with van der Waals surface area (Å²) in [5.74, 6) is 0. The average molecular weight is 324 g/mol. The Kier molecular flexibility index (Phi) is 4.17. The number of aliphatic hydroxyl groups is 3. The number of H-pyrrole nitrogens is 1. The standard InChI is InChI=1S/C9H13N2O9P/c12-2-3-6(14)7(15)8(20-3)11-5(21(17,18)19)1-4(13)10-9(11)16/h1,3,6-8,12,14-15H,2H2,(H,10,13,16)(H2,17,18,19)/t3-,6?,7?,8-/m0/s1. The first-order valence-corrected chi connectivity index (χ1v) is 7.32. The Morgan fingerprint density at radius 3 is 2.38 bits per heavy atom. The van der Waals surface area contributed by atoms with Gasteiger partial charge in [-0.25, -0.2) is 4.79 Å². The molecule has 0 amide bonds. The van der Waals surface area contributed by atoms with Gasteiger partial charge in [-0.3, -0.25) is 18.9 Å². The lowest BCUT2D eigenvalue weighted by molar-refractivity contribution is -0.0537. The zero-order valence-corrected chi connectivity index (χ0v) is 11.3. The highest BCUT2D eigenvalue weighted by Gasteiger charge is 2.45. The van der Waals surface area contributed by atoms with Crippen LogP contribution in [0.4, 0.5) is 0 Å². The van der Waals surface area contributed by atoms with Gasteiger partial charge in [0.15, 0.2) is 6.23 Å². The third-order valence-corrected chi connectivity index (χ3v) is 3.97. The summed E-state index contributed by atoms with van der Waals surface area (Å²) in [5.41, 5.74) is -3.23. The molecular weight excluding hydrogens is 311 g/mol. The normalized spacial score (nSPS) is 29.8. The third kappa shape index (κ3) is 2.85. The molecule has 1 aliphatic rings. The lowest BCUT2D eigenvalue weighted by Crippen LogP contribution is -2.45. The van der Waals surface area contributed by atoms with E-state index in [2.05, 4.69) is 0 Å². The Hall–Kier alpha value is -1.33. The maximum absolute atomic E-state index is 11.8. The second kappa shape index (κ2) is 5.46. The molecule has 2 heterocycles. The number of aliphatic hydroxyl groups excluding tert-OH is 3. The highest BCUT2D eigenvalue weighted by atomic mass is 31.2. The quantitative estimate of drug-likeness (QED) is 0.301. The Morgan fingerprint density at radius 2 is 1.90 bits per heavy atom. The highest BCUT2D eigenvalue weighted by molar-refractivity contribution is 7.60. The van der Waals surface area contributed by atoms with E-state index in [-0.39, 0.29) is 0 Å². The van der Waals surface area contributed by atoms with Crippen LogP contribution in [0.25, 0.3) is 0 Å². The van der Waals surface area contributed by atoms with Gasteiger partial charge in [0.25, 0.3) is 5.56 Å². The molecule has 1 fully saturated rings. The molecule has 0 saturated carbocycles. The minimum Gasteiger partial charge on any atom is -0.394 e. The second-order valence-corrected chi connectivity index (χ2v) is 5.99. The SMILES string of the molecule is O=c1cc(P(=O)(O)O)n([C@H]2O[C@@H](CO)C(O)C2O)c(=O)[nH]1. The van der Waals surface area contributed by atoms with Crippen LogP contribution in [0.2, 0.25) is 0 Å². The molecule has 21 heavy (non-hydrogen) atoms. The van der Waals surface area contributed by atoms with Crippen molar-refractivity contribution in [3.63, 3.8) is 0 Å². The van der Waals surface area contributed by atoms with Crippen molar-refractivity contribution >= 4 is 13.0 Å². The first-order valence-electron chi connectivity index (χ1n) is 5.71. The Labute approximate surface area is 116 Å². The van der Waals surface area contributed by atoms with Crippen LogP contribution in [0.5, 0.6) is 0 Å². The highest BCUT2D eigenvalue weighted by Crippen LogP contribution is 2.35. The lowest BCUT2D eigenvalue weighted by atomic mass is 10.1. The van der Waals surface area contributed by atoms with Gasteiger partial charge < -0.3 is 29.8 Å². The van der Waals surface area contributed by atoms with E-state index in [1.807, 2.05) is 0 Å². The summed E-state index contributed by atoms with van der Waals surface area (Å²) in [4.78, 5) is 43.1. The van der Waals surface area contributed by atoms with Crippen LogP contribution in [-0.2, 0) is 9.30 Å². The van der Waals surface area contributed by atoms with Crippen LogP contribution in [0, 0.1) is 0 Å². The van der Waals surface area contributed by atoms with Crippen molar-refractivity contribution in [2.45, 2.75) is 24.5 Å². The molecule has 4 atom stereocenters. The average Bonchev–Trinajstić information content (AvgIpc) is 2.64. The minimum atomic E-state index is -5.03. The van der Waals surface area contributed by atoms with Gasteiger partial charge in [-0.1, -0.05) is 0 Å². The van der Waals surface area contributed by atoms with Crippen LogP contribution < -0.4 is 16.7 Å². The van der Waals surface area contributed by atoms with E-state index in [1.165, 1.54) is 0 Å². The summed E-state index contributed by atoms with van der Waals surface area (Å²) in [6.07, 6.45) is -6.20. The van der Waals surface area contributed by atoms with Crippen LogP contribution in [0.15, 0.2) is 15.7 Å². The van der Waals surface area contributed by atoms with Crippen molar-refractivity contribution in [3.05, 3.63) is 26.9 Å². The zero-order valence-electron chi connectivity index (χ0n) is 10.4. The van der Waals surface area contributed by atoms with Gasteiger partial charge in [0.05, 0.1) is 6.61 Å². The number of hydrogen-bond donors (Lipinski definition) is 6.